The Labute approximate surface area is 119 Å². The molecule has 1 aromatic carbocycles. The summed E-state index contributed by atoms with van der Waals surface area (Å²) in [6.45, 7) is 0.259. The van der Waals surface area contributed by atoms with Crippen molar-refractivity contribution in [2.24, 2.45) is 5.73 Å². The third kappa shape index (κ3) is 3.95. The van der Waals surface area contributed by atoms with Crippen molar-refractivity contribution in [1.82, 2.24) is 0 Å². The average Bonchev–Trinajstić information content (AvgIpc) is 2.64. The summed E-state index contributed by atoms with van der Waals surface area (Å²) in [5, 5.41) is 0.675. The van der Waals surface area contributed by atoms with Crippen molar-refractivity contribution in [3.63, 3.8) is 0 Å². The van der Waals surface area contributed by atoms with E-state index in [1.807, 2.05) is 12.1 Å². The van der Waals surface area contributed by atoms with Gasteiger partial charge in [-0.05, 0) is 30.5 Å². The van der Waals surface area contributed by atoms with Crippen LogP contribution in [-0.2, 0) is 16.1 Å². The van der Waals surface area contributed by atoms with E-state index in [2.05, 4.69) is 0 Å². The fraction of sp³-hybridized carbons (Fsp3) is 0.533. The standard InChI is InChI=1S/C15H20ClNO2/c16-13-7-5-12(6-8-13)11-19-14(18)15(17)9-3-1-2-4-10-15/h5-8H,1-4,9-11,17H2. The van der Waals surface area contributed by atoms with Crippen LogP contribution in [0.3, 0.4) is 0 Å². The first-order valence-corrected chi connectivity index (χ1v) is 7.18. The Morgan fingerprint density at radius 3 is 2.32 bits per heavy atom. The van der Waals surface area contributed by atoms with Crippen molar-refractivity contribution in [3.05, 3.63) is 34.9 Å². The van der Waals surface area contributed by atoms with E-state index >= 15 is 0 Å². The highest BCUT2D eigenvalue weighted by Gasteiger charge is 2.35. The Morgan fingerprint density at radius 1 is 1.16 bits per heavy atom. The molecular formula is C15H20ClNO2. The van der Waals surface area contributed by atoms with Gasteiger partial charge in [0, 0.05) is 5.02 Å². The van der Waals surface area contributed by atoms with E-state index in [1.54, 1.807) is 12.1 Å². The summed E-state index contributed by atoms with van der Waals surface area (Å²) in [6, 6.07) is 7.28. The molecule has 0 radical (unpaired) electrons. The first-order valence-electron chi connectivity index (χ1n) is 6.81. The number of benzene rings is 1. The van der Waals surface area contributed by atoms with Crippen molar-refractivity contribution >= 4 is 17.6 Å². The van der Waals surface area contributed by atoms with Crippen molar-refractivity contribution in [3.8, 4) is 0 Å². The lowest BCUT2D eigenvalue weighted by molar-refractivity contribution is -0.152. The lowest BCUT2D eigenvalue weighted by atomic mass is 9.92. The van der Waals surface area contributed by atoms with Gasteiger partial charge in [-0.1, -0.05) is 49.4 Å². The lowest BCUT2D eigenvalue weighted by Crippen LogP contribution is -2.48. The molecule has 1 aliphatic carbocycles. The SMILES string of the molecule is NC1(C(=O)OCc2ccc(Cl)cc2)CCCCCC1. The van der Waals surface area contributed by atoms with Crippen LogP contribution in [0.4, 0.5) is 0 Å². The third-order valence-corrected chi connectivity index (χ3v) is 3.94. The van der Waals surface area contributed by atoms with E-state index in [-0.39, 0.29) is 12.6 Å². The lowest BCUT2D eigenvalue weighted by Gasteiger charge is -2.25. The highest BCUT2D eigenvalue weighted by Crippen LogP contribution is 2.26. The van der Waals surface area contributed by atoms with Gasteiger partial charge in [0.25, 0.3) is 0 Å². The molecule has 2 rings (SSSR count). The number of hydrogen-bond donors (Lipinski definition) is 1. The van der Waals surface area contributed by atoms with E-state index in [0.717, 1.165) is 44.1 Å². The topological polar surface area (TPSA) is 52.3 Å². The first kappa shape index (κ1) is 14.4. The molecule has 104 valence electrons. The van der Waals surface area contributed by atoms with Crippen molar-refractivity contribution < 1.29 is 9.53 Å². The summed E-state index contributed by atoms with van der Waals surface area (Å²) < 4.78 is 5.36. The van der Waals surface area contributed by atoms with Crippen LogP contribution in [0, 0.1) is 0 Å². The van der Waals surface area contributed by atoms with Gasteiger partial charge in [0.2, 0.25) is 0 Å². The second-order valence-electron chi connectivity index (χ2n) is 5.27. The Morgan fingerprint density at radius 2 is 1.74 bits per heavy atom. The zero-order valence-corrected chi connectivity index (χ0v) is 11.8. The van der Waals surface area contributed by atoms with Crippen LogP contribution in [-0.4, -0.2) is 11.5 Å². The molecule has 0 unspecified atom stereocenters. The van der Waals surface area contributed by atoms with Crippen molar-refractivity contribution in [2.45, 2.75) is 50.7 Å². The van der Waals surface area contributed by atoms with E-state index in [9.17, 15) is 4.79 Å². The van der Waals surface area contributed by atoms with Crippen molar-refractivity contribution in [1.29, 1.82) is 0 Å². The molecule has 1 aromatic rings. The van der Waals surface area contributed by atoms with Crippen LogP contribution >= 0.6 is 11.6 Å². The maximum absolute atomic E-state index is 12.1. The van der Waals surface area contributed by atoms with E-state index in [0.29, 0.717) is 5.02 Å². The predicted molar refractivity (Wildman–Crippen MR) is 75.9 cm³/mol. The smallest absolute Gasteiger partial charge is 0.326 e. The van der Waals surface area contributed by atoms with Gasteiger partial charge in [-0.2, -0.15) is 0 Å². The van der Waals surface area contributed by atoms with Gasteiger partial charge in [-0.15, -0.1) is 0 Å². The zero-order chi connectivity index (χ0) is 13.7. The Kier molecular flexibility index (Phi) is 4.83. The summed E-state index contributed by atoms with van der Waals surface area (Å²) in [4.78, 5) is 12.1. The highest BCUT2D eigenvalue weighted by atomic mass is 35.5. The molecule has 2 N–H and O–H groups in total. The fourth-order valence-electron chi connectivity index (χ4n) is 2.44. The van der Waals surface area contributed by atoms with Gasteiger partial charge in [0.05, 0.1) is 0 Å². The second-order valence-corrected chi connectivity index (χ2v) is 5.71. The quantitative estimate of drug-likeness (QED) is 0.682. The Bertz CT molecular complexity index is 422. The average molecular weight is 282 g/mol. The van der Waals surface area contributed by atoms with Gasteiger partial charge in [0.15, 0.2) is 0 Å². The molecule has 0 spiro atoms. The number of nitrogens with two attached hydrogens (primary N) is 1. The minimum Gasteiger partial charge on any atom is -0.459 e. The van der Waals surface area contributed by atoms with Crippen LogP contribution in [0.5, 0.6) is 0 Å². The van der Waals surface area contributed by atoms with Crippen LogP contribution in [0.1, 0.15) is 44.1 Å². The number of carbonyl (C=O) groups excluding carboxylic acids is 1. The van der Waals surface area contributed by atoms with Crippen LogP contribution < -0.4 is 5.73 Å². The largest absolute Gasteiger partial charge is 0.459 e. The molecular weight excluding hydrogens is 262 g/mol. The van der Waals surface area contributed by atoms with Gasteiger partial charge in [-0.25, -0.2) is 0 Å². The highest BCUT2D eigenvalue weighted by molar-refractivity contribution is 6.30. The Balaban J connectivity index is 1.91. The first-order chi connectivity index (χ1) is 9.10. The molecule has 1 fully saturated rings. The number of rotatable bonds is 3. The predicted octanol–water partition coefficient (Wildman–Crippen LogP) is 3.43. The summed E-state index contributed by atoms with van der Waals surface area (Å²) >= 11 is 5.81. The minimum atomic E-state index is -0.789. The molecule has 0 aromatic heterocycles. The van der Waals surface area contributed by atoms with E-state index in [1.165, 1.54) is 0 Å². The maximum atomic E-state index is 12.1. The van der Waals surface area contributed by atoms with Crippen molar-refractivity contribution in [2.75, 3.05) is 0 Å². The number of ether oxygens (including phenoxy) is 1. The molecule has 0 atom stereocenters. The molecule has 0 heterocycles. The molecule has 0 amide bonds. The number of esters is 1. The number of halogens is 1. The van der Waals surface area contributed by atoms with Gasteiger partial charge in [-0.3, -0.25) is 4.79 Å². The van der Waals surface area contributed by atoms with E-state index in [4.69, 9.17) is 22.1 Å². The molecule has 0 saturated heterocycles. The molecule has 4 heteroatoms. The molecule has 0 aliphatic heterocycles. The van der Waals surface area contributed by atoms with Gasteiger partial charge >= 0.3 is 5.97 Å². The van der Waals surface area contributed by atoms with Gasteiger partial charge < -0.3 is 10.5 Å². The minimum absolute atomic E-state index is 0.259. The molecule has 19 heavy (non-hydrogen) atoms. The second kappa shape index (κ2) is 6.40. The summed E-state index contributed by atoms with van der Waals surface area (Å²) in [5.74, 6) is -0.274. The normalized spacial score (nSPS) is 18.6. The molecule has 1 saturated carbocycles. The molecule has 3 nitrogen and oxygen atoms in total. The third-order valence-electron chi connectivity index (χ3n) is 3.69. The van der Waals surface area contributed by atoms with E-state index < -0.39 is 5.54 Å². The summed E-state index contributed by atoms with van der Waals surface area (Å²) in [5.41, 5.74) is 6.33. The Hall–Kier alpha value is -1.06. The maximum Gasteiger partial charge on any atom is 0.326 e. The molecule has 1 aliphatic rings. The van der Waals surface area contributed by atoms with Crippen LogP contribution in [0.2, 0.25) is 5.02 Å². The monoisotopic (exact) mass is 281 g/mol. The summed E-state index contributed by atoms with van der Waals surface area (Å²) in [7, 11) is 0. The molecule has 0 bridgehead atoms. The van der Waals surface area contributed by atoms with Gasteiger partial charge in [0.1, 0.15) is 12.1 Å². The van der Waals surface area contributed by atoms with Crippen LogP contribution in [0.25, 0.3) is 0 Å². The zero-order valence-electron chi connectivity index (χ0n) is 11.0. The fourth-order valence-corrected chi connectivity index (χ4v) is 2.56. The summed E-state index contributed by atoms with van der Waals surface area (Å²) in [6.07, 6.45) is 5.78. The number of hydrogen-bond acceptors (Lipinski definition) is 3. The number of carbonyl (C=O) groups is 1. The van der Waals surface area contributed by atoms with Crippen LogP contribution in [0.15, 0.2) is 24.3 Å².